The van der Waals surface area contributed by atoms with Crippen molar-refractivity contribution in [3.8, 4) is 11.4 Å². The minimum atomic E-state index is -4.43. The molecule has 1 aromatic heterocycles. The van der Waals surface area contributed by atoms with E-state index in [0.717, 1.165) is 12.1 Å². The third-order valence-corrected chi connectivity index (χ3v) is 5.22. The summed E-state index contributed by atoms with van der Waals surface area (Å²) in [6, 6.07) is 8.63. The van der Waals surface area contributed by atoms with Crippen molar-refractivity contribution < 1.29 is 21.6 Å². The third-order valence-electron chi connectivity index (χ3n) is 3.81. The zero-order valence-electron chi connectivity index (χ0n) is 14.7. The summed E-state index contributed by atoms with van der Waals surface area (Å²) in [5.74, 6) is 0.157. The highest BCUT2D eigenvalue weighted by Crippen LogP contribution is 2.33. The number of benzene rings is 2. The van der Waals surface area contributed by atoms with Crippen molar-refractivity contribution in [3.63, 3.8) is 0 Å². The van der Waals surface area contributed by atoms with Crippen molar-refractivity contribution in [2.24, 2.45) is 7.05 Å². The maximum absolute atomic E-state index is 12.7. The fraction of sp³-hybridized carbons (Fsp3) is 0.188. The third kappa shape index (κ3) is 4.12. The Bertz CT molecular complexity index is 1090. The Labute approximate surface area is 158 Å². The molecule has 0 saturated heterocycles. The van der Waals surface area contributed by atoms with Gasteiger partial charge in [-0.15, -0.1) is 10.2 Å². The summed E-state index contributed by atoms with van der Waals surface area (Å²) in [5, 5.41) is 14.6. The maximum atomic E-state index is 12.7. The molecule has 3 rings (SSSR count). The van der Waals surface area contributed by atoms with Crippen LogP contribution in [-0.2, 0) is 23.2 Å². The van der Waals surface area contributed by atoms with Crippen molar-refractivity contribution in [2.45, 2.75) is 11.1 Å². The number of rotatable bonds is 5. The summed E-state index contributed by atoms with van der Waals surface area (Å²) in [5.41, 5.74) is 0.332. The molecule has 0 fully saturated rings. The molecule has 0 radical (unpaired) electrons. The summed E-state index contributed by atoms with van der Waals surface area (Å²) in [6.07, 6.45) is -4.43. The van der Waals surface area contributed by atoms with E-state index < -0.39 is 21.8 Å². The topological polar surface area (TPSA) is 102 Å². The predicted octanol–water partition coefficient (Wildman–Crippen LogP) is 2.55. The summed E-state index contributed by atoms with van der Waals surface area (Å²) < 4.78 is 64.5. The number of aromatic nitrogens is 4. The van der Waals surface area contributed by atoms with E-state index in [4.69, 9.17) is 0 Å². The average Bonchev–Trinajstić information content (AvgIpc) is 3.08. The van der Waals surface area contributed by atoms with Crippen LogP contribution in [-0.4, -0.2) is 35.7 Å². The van der Waals surface area contributed by atoms with Gasteiger partial charge in [-0.05, 0) is 54.7 Å². The zero-order chi connectivity index (χ0) is 20.5. The molecule has 0 bridgehead atoms. The molecule has 0 aliphatic heterocycles. The second-order valence-electron chi connectivity index (χ2n) is 5.72. The van der Waals surface area contributed by atoms with Crippen molar-refractivity contribution in [1.82, 2.24) is 24.9 Å². The van der Waals surface area contributed by atoms with E-state index in [9.17, 15) is 21.6 Å². The molecule has 8 nitrogen and oxygen atoms in total. The fourth-order valence-corrected chi connectivity index (χ4v) is 3.15. The number of alkyl halides is 3. The van der Waals surface area contributed by atoms with Gasteiger partial charge in [0.15, 0.2) is 0 Å². The Hall–Kier alpha value is -2.99. The number of aryl methyl sites for hydroxylation is 1. The van der Waals surface area contributed by atoms with Crippen LogP contribution in [0.25, 0.3) is 11.4 Å². The van der Waals surface area contributed by atoms with Crippen molar-refractivity contribution >= 4 is 21.4 Å². The molecule has 0 aliphatic rings. The molecule has 3 aromatic rings. The van der Waals surface area contributed by atoms with E-state index in [0.29, 0.717) is 16.9 Å². The van der Waals surface area contributed by atoms with E-state index in [-0.39, 0.29) is 10.7 Å². The Morgan fingerprint density at radius 1 is 1.07 bits per heavy atom. The first-order valence-corrected chi connectivity index (χ1v) is 9.35. The van der Waals surface area contributed by atoms with E-state index in [1.165, 1.54) is 42.2 Å². The van der Waals surface area contributed by atoms with Crippen molar-refractivity contribution in [2.75, 3.05) is 12.4 Å². The molecule has 0 spiro atoms. The van der Waals surface area contributed by atoms with Crippen LogP contribution >= 0.6 is 0 Å². The number of hydrogen-bond donors (Lipinski definition) is 2. The van der Waals surface area contributed by atoms with Crippen LogP contribution in [0.2, 0.25) is 0 Å². The average molecular weight is 412 g/mol. The van der Waals surface area contributed by atoms with Gasteiger partial charge in [0, 0.05) is 16.9 Å². The summed E-state index contributed by atoms with van der Waals surface area (Å²) >= 11 is 0. The van der Waals surface area contributed by atoms with Gasteiger partial charge < -0.3 is 5.32 Å². The van der Waals surface area contributed by atoms with Crippen LogP contribution in [0.15, 0.2) is 47.4 Å². The minimum absolute atomic E-state index is 0.0181. The van der Waals surface area contributed by atoms with Gasteiger partial charge in [-0.1, -0.05) is 0 Å². The molecule has 2 N–H and O–H groups in total. The highest BCUT2D eigenvalue weighted by Gasteiger charge is 2.30. The molecule has 28 heavy (non-hydrogen) atoms. The molecule has 0 atom stereocenters. The lowest BCUT2D eigenvalue weighted by atomic mass is 10.1. The molecular weight excluding hydrogens is 397 g/mol. The van der Waals surface area contributed by atoms with E-state index in [2.05, 4.69) is 25.4 Å². The van der Waals surface area contributed by atoms with Gasteiger partial charge in [-0.25, -0.2) is 13.1 Å². The van der Waals surface area contributed by atoms with Crippen LogP contribution in [0.1, 0.15) is 5.56 Å². The SMILES string of the molecule is CNS(=O)(=O)c1ccc(Nc2ccc(C(F)(F)F)cc2)c(-c2nnn(C)n2)c1. The van der Waals surface area contributed by atoms with Gasteiger partial charge in [-0.2, -0.15) is 18.0 Å². The highest BCUT2D eigenvalue weighted by atomic mass is 32.2. The molecule has 0 amide bonds. The first kappa shape index (κ1) is 19.8. The predicted molar refractivity (Wildman–Crippen MR) is 95.2 cm³/mol. The number of hydrogen-bond acceptors (Lipinski definition) is 6. The molecule has 0 unspecified atom stereocenters. The highest BCUT2D eigenvalue weighted by molar-refractivity contribution is 7.89. The molecular formula is C16H15F3N6O2S. The van der Waals surface area contributed by atoms with Gasteiger partial charge in [0.2, 0.25) is 15.8 Å². The van der Waals surface area contributed by atoms with Gasteiger partial charge >= 0.3 is 6.18 Å². The lowest BCUT2D eigenvalue weighted by molar-refractivity contribution is -0.137. The second-order valence-corrected chi connectivity index (χ2v) is 7.60. The quantitative estimate of drug-likeness (QED) is 0.668. The smallest absolute Gasteiger partial charge is 0.355 e. The fourth-order valence-electron chi connectivity index (χ4n) is 2.39. The second kappa shape index (κ2) is 7.20. The Morgan fingerprint density at radius 3 is 2.29 bits per heavy atom. The van der Waals surface area contributed by atoms with Crippen LogP contribution in [0.3, 0.4) is 0 Å². The number of tetrazole rings is 1. The van der Waals surface area contributed by atoms with Crippen LogP contribution in [0, 0.1) is 0 Å². The monoisotopic (exact) mass is 412 g/mol. The molecule has 148 valence electrons. The Balaban J connectivity index is 2.03. The molecule has 0 saturated carbocycles. The van der Waals surface area contributed by atoms with Crippen LogP contribution in [0.5, 0.6) is 0 Å². The molecule has 12 heteroatoms. The van der Waals surface area contributed by atoms with Gasteiger partial charge in [0.05, 0.1) is 17.5 Å². The number of halogens is 3. The Kier molecular flexibility index (Phi) is 5.08. The van der Waals surface area contributed by atoms with Crippen LogP contribution < -0.4 is 10.0 Å². The number of nitrogens with zero attached hydrogens (tertiary/aromatic N) is 4. The summed E-state index contributed by atoms with van der Waals surface area (Å²) in [4.78, 5) is 1.19. The van der Waals surface area contributed by atoms with E-state index in [1.54, 1.807) is 7.05 Å². The molecule has 0 aliphatic carbocycles. The van der Waals surface area contributed by atoms with Crippen molar-refractivity contribution in [3.05, 3.63) is 48.0 Å². The molecule has 2 aromatic carbocycles. The lowest BCUT2D eigenvalue weighted by Gasteiger charge is -2.13. The van der Waals surface area contributed by atoms with Crippen molar-refractivity contribution in [1.29, 1.82) is 0 Å². The van der Waals surface area contributed by atoms with Gasteiger partial charge in [0.25, 0.3) is 0 Å². The number of nitrogens with one attached hydrogen (secondary N) is 2. The van der Waals surface area contributed by atoms with E-state index in [1.807, 2.05) is 0 Å². The normalized spacial score (nSPS) is 12.2. The summed E-state index contributed by atoms with van der Waals surface area (Å²) in [7, 11) is -0.888. The first-order valence-electron chi connectivity index (χ1n) is 7.86. The molecule has 1 heterocycles. The van der Waals surface area contributed by atoms with Gasteiger partial charge in [0.1, 0.15) is 0 Å². The largest absolute Gasteiger partial charge is 0.416 e. The minimum Gasteiger partial charge on any atom is -0.355 e. The van der Waals surface area contributed by atoms with Gasteiger partial charge in [-0.3, -0.25) is 0 Å². The Morgan fingerprint density at radius 2 is 1.75 bits per heavy atom. The zero-order valence-corrected chi connectivity index (χ0v) is 15.5. The number of anilines is 2. The van der Waals surface area contributed by atoms with Crippen LogP contribution in [0.4, 0.5) is 24.5 Å². The first-order chi connectivity index (χ1) is 13.1. The number of sulfonamides is 1. The standard InChI is InChI=1S/C16H15F3N6O2S/c1-20-28(26,27)12-7-8-14(13(9-12)15-22-24-25(2)23-15)21-11-5-3-10(4-6-11)16(17,18)19/h3-9,20-21H,1-2H3. The maximum Gasteiger partial charge on any atom is 0.416 e. The van der Waals surface area contributed by atoms with E-state index >= 15 is 0 Å². The summed E-state index contributed by atoms with van der Waals surface area (Å²) in [6.45, 7) is 0. The lowest BCUT2D eigenvalue weighted by Crippen LogP contribution is -2.18.